The number of hydrogen-bond acceptors (Lipinski definition) is 3. The molecule has 5 nitrogen and oxygen atoms in total. The van der Waals surface area contributed by atoms with E-state index in [-0.39, 0.29) is 23.9 Å². The van der Waals surface area contributed by atoms with Gasteiger partial charge < -0.3 is 15.0 Å². The molecule has 0 saturated carbocycles. The fourth-order valence-corrected chi connectivity index (χ4v) is 4.23. The van der Waals surface area contributed by atoms with Crippen LogP contribution in [0.15, 0.2) is 24.3 Å². The maximum Gasteiger partial charge on any atom is 0.245 e. The van der Waals surface area contributed by atoms with Crippen molar-refractivity contribution < 1.29 is 14.3 Å². The van der Waals surface area contributed by atoms with Crippen LogP contribution in [0.1, 0.15) is 36.8 Å². The minimum atomic E-state index is -0.379. The molecule has 1 N–H and O–H groups in total. The summed E-state index contributed by atoms with van der Waals surface area (Å²) >= 11 is 0. The molecule has 0 spiro atoms. The Morgan fingerprint density at radius 2 is 1.83 bits per heavy atom. The van der Waals surface area contributed by atoms with Gasteiger partial charge in [-0.15, -0.1) is 0 Å². The number of amides is 2. The minimum absolute atomic E-state index is 0.00675. The summed E-state index contributed by atoms with van der Waals surface area (Å²) in [6, 6.07) is 7.86. The van der Waals surface area contributed by atoms with Gasteiger partial charge in [-0.25, -0.2) is 0 Å². The first-order valence-electron chi connectivity index (χ1n) is 8.95. The third-order valence-electron chi connectivity index (χ3n) is 5.60. The first-order chi connectivity index (χ1) is 11.7. The number of nitrogens with one attached hydrogen (secondary N) is 1. The molecule has 4 rings (SSSR count). The van der Waals surface area contributed by atoms with Gasteiger partial charge in [0.25, 0.3) is 0 Å². The van der Waals surface area contributed by atoms with Crippen LogP contribution < -0.4 is 5.32 Å². The summed E-state index contributed by atoms with van der Waals surface area (Å²) in [4.78, 5) is 27.4. The lowest BCUT2D eigenvalue weighted by Gasteiger charge is -2.36. The first kappa shape index (κ1) is 15.6. The summed E-state index contributed by atoms with van der Waals surface area (Å²) in [6.07, 6.45) is 3.88. The summed E-state index contributed by atoms with van der Waals surface area (Å²) in [5, 5.41) is 2.99. The predicted octanol–water partition coefficient (Wildman–Crippen LogP) is 1.65. The second-order valence-electron chi connectivity index (χ2n) is 7.21. The lowest BCUT2D eigenvalue weighted by molar-refractivity contribution is -0.136. The van der Waals surface area contributed by atoms with E-state index in [1.54, 1.807) is 0 Å². The average molecular weight is 328 g/mol. The smallest absolute Gasteiger partial charge is 0.245 e. The van der Waals surface area contributed by atoms with E-state index in [2.05, 4.69) is 17.4 Å². The summed E-state index contributed by atoms with van der Waals surface area (Å²) in [7, 11) is 0. The molecule has 2 fully saturated rings. The van der Waals surface area contributed by atoms with Crippen LogP contribution in [0.2, 0.25) is 0 Å². The van der Waals surface area contributed by atoms with E-state index in [1.807, 2.05) is 17.0 Å². The van der Waals surface area contributed by atoms with Gasteiger partial charge in [-0.05, 0) is 42.7 Å². The van der Waals surface area contributed by atoms with Gasteiger partial charge in [0.2, 0.25) is 11.8 Å². The zero-order chi connectivity index (χ0) is 16.5. The van der Waals surface area contributed by atoms with Crippen molar-refractivity contribution in [3.63, 3.8) is 0 Å². The highest BCUT2D eigenvalue weighted by Gasteiger charge is 2.39. The maximum absolute atomic E-state index is 13.1. The van der Waals surface area contributed by atoms with Crippen LogP contribution in [0.5, 0.6) is 0 Å². The van der Waals surface area contributed by atoms with Crippen molar-refractivity contribution in [2.45, 2.75) is 50.7 Å². The third-order valence-corrected chi connectivity index (χ3v) is 5.60. The quantitative estimate of drug-likeness (QED) is 0.898. The Morgan fingerprint density at radius 1 is 1.08 bits per heavy atom. The number of hydrogen-bond donors (Lipinski definition) is 1. The summed E-state index contributed by atoms with van der Waals surface area (Å²) < 4.78 is 5.40. The maximum atomic E-state index is 13.1. The Bertz CT molecular complexity index is 639. The van der Waals surface area contributed by atoms with Crippen LogP contribution in [-0.2, 0) is 27.3 Å². The van der Waals surface area contributed by atoms with Crippen molar-refractivity contribution in [2.75, 3.05) is 13.2 Å². The van der Waals surface area contributed by atoms with Crippen LogP contribution in [0, 0.1) is 5.92 Å². The third kappa shape index (κ3) is 3.05. The molecule has 2 atom stereocenters. The molecule has 24 heavy (non-hydrogen) atoms. The number of rotatable bonds is 2. The first-order valence-corrected chi connectivity index (χ1v) is 8.95. The van der Waals surface area contributed by atoms with Gasteiger partial charge in [0, 0.05) is 32.2 Å². The topological polar surface area (TPSA) is 58.6 Å². The Kier molecular flexibility index (Phi) is 4.27. The average Bonchev–Trinajstić information content (AvgIpc) is 2.71. The van der Waals surface area contributed by atoms with Crippen LogP contribution in [0.25, 0.3) is 0 Å². The molecular formula is C19H24N2O3. The predicted molar refractivity (Wildman–Crippen MR) is 89.2 cm³/mol. The largest absolute Gasteiger partial charge is 0.381 e. The van der Waals surface area contributed by atoms with E-state index in [1.165, 1.54) is 11.1 Å². The van der Waals surface area contributed by atoms with E-state index in [0.717, 1.165) is 38.9 Å². The second-order valence-corrected chi connectivity index (χ2v) is 7.21. The highest BCUT2D eigenvalue weighted by Crippen LogP contribution is 2.29. The van der Waals surface area contributed by atoms with Crippen molar-refractivity contribution in [3.8, 4) is 0 Å². The van der Waals surface area contributed by atoms with Crippen LogP contribution in [-0.4, -0.2) is 42.0 Å². The van der Waals surface area contributed by atoms with Gasteiger partial charge in [-0.1, -0.05) is 24.3 Å². The van der Waals surface area contributed by atoms with Gasteiger partial charge in [0.05, 0.1) is 0 Å². The number of fused-ring (bicyclic) bond motifs is 2. The summed E-state index contributed by atoms with van der Waals surface area (Å²) in [5.74, 6) is 0.556. The Morgan fingerprint density at radius 3 is 2.62 bits per heavy atom. The number of benzene rings is 1. The van der Waals surface area contributed by atoms with Crippen LogP contribution in [0.3, 0.4) is 0 Å². The van der Waals surface area contributed by atoms with Crippen molar-refractivity contribution in [1.82, 2.24) is 10.2 Å². The molecule has 1 aromatic carbocycles. The van der Waals surface area contributed by atoms with Crippen molar-refractivity contribution in [1.29, 1.82) is 0 Å². The molecule has 0 bridgehead atoms. The molecule has 3 heterocycles. The molecule has 2 saturated heterocycles. The number of nitrogens with zero attached hydrogens (tertiary/aromatic N) is 1. The van der Waals surface area contributed by atoms with Crippen LogP contribution >= 0.6 is 0 Å². The highest BCUT2D eigenvalue weighted by molar-refractivity contribution is 5.90. The summed E-state index contributed by atoms with van der Waals surface area (Å²) in [6.45, 7) is 2.15. The monoisotopic (exact) mass is 328 g/mol. The van der Waals surface area contributed by atoms with Gasteiger partial charge in [0.15, 0.2) is 0 Å². The number of carbonyl (C=O) groups excluding carboxylic acids is 2. The van der Waals surface area contributed by atoms with E-state index in [9.17, 15) is 9.59 Å². The zero-order valence-corrected chi connectivity index (χ0v) is 13.9. The Hall–Kier alpha value is -1.88. The molecule has 0 aromatic heterocycles. The number of carbonyl (C=O) groups is 2. The standard InChI is InChI=1S/C19H24N2O3/c22-18-11-16-10-14-3-1-2-4-15(14)12-21(16)19(23)17(20-18)9-13-5-7-24-8-6-13/h1-4,13,16-17H,5-12H2,(H,20,22)/t16-,17?/m0/s1. The van der Waals surface area contributed by atoms with Gasteiger partial charge in [-0.3, -0.25) is 9.59 Å². The van der Waals surface area contributed by atoms with E-state index >= 15 is 0 Å². The molecule has 128 valence electrons. The normalized spacial score (nSPS) is 27.9. The van der Waals surface area contributed by atoms with E-state index in [4.69, 9.17) is 4.74 Å². The van der Waals surface area contributed by atoms with Gasteiger partial charge >= 0.3 is 0 Å². The van der Waals surface area contributed by atoms with Crippen molar-refractivity contribution >= 4 is 11.8 Å². The molecule has 3 aliphatic rings. The molecule has 1 aromatic rings. The van der Waals surface area contributed by atoms with Gasteiger partial charge in [0.1, 0.15) is 6.04 Å². The number of ether oxygens (including phenoxy) is 1. The highest BCUT2D eigenvalue weighted by atomic mass is 16.5. The Labute approximate surface area is 142 Å². The van der Waals surface area contributed by atoms with Crippen LogP contribution in [0.4, 0.5) is 0 Å². The molecule has 0 aliphatic carbocycles. The van der Waals surface area contributed by atoms with Crippen molar-refractivity contribution in [3.05, 3.63) is 35.4 Å². The minimum Gasteiger partial charge on any atom is -0.381 e. The lowest BCUT2D eigenvalue weighted by Crippen LogP contribution is -2.49. The van der Waals surface area contributed by atoms with Crippen molar-refractivity contribution in [2.24, 2.45) is 5.92 Å². The molecule has 0 radical (unpaired) electrons. The lowest BCUT2D eigenvalue weighted by atomic mass is 9.90. The molecule has 3 aliphatic heterocycles. The Balaban J connectivity index is 1.54. The molecule has 2 amide bonds. The SMILES string of the molecule is O=C1C[C@@H]2Cc3ccccc3CN2C(=O)C(CC2CCOCC2)N1. The molecule has 5 heteroatoms. The fraction of sp³-hybridized carbons (Fsp3) is 0.579. The molecular weight excluding hydrogens is 304 g/mol. The zero-order valence-electron chi connectivity index (χ0n) is 13.9. The second kappa shape index (κ2) is 6.55. The van der Waals surface area contributed by atoms with E-state index in [0.29, 0.717) is 18.9 Å². The summed E-state index contributed by atoms with van der Waals surface area (Å²) in [5.41, 5.74) is 2.48. The molecule has 1 unspecified atom stereocenters. The fourth-order valence-electron chi connectivity index (χ4n) is 4.23. The van der Waals surface area contributed by atoms with E-state index < -0.39 is 0 Å². The van der Waals surface area contributed by atoms with Gasteiger partial charge in [-0.2, -0.15) is 0 Å².